The molecule has 0 radical (unpaired) electrons. The van der Waals surface area contributed by atoms with Crippen molar-refractivity contribution in [3.8, 4) is 0 Å². The van der Waals surface area contributed by atoms with E-state index in [0.29, 0.717) is 6.61 Å². The Bertz CT molecular complexity index is 335. The Morgan fingerprint density at radius 1 is 1.27 bits per heavy atom. The first-order chi connectivity index (χ1) is 7.29. The summed E-state index contributed by atoms with van der Waals surface area (Å²) in [5, 5.41) is 0. The molecule has 1 aliphatic heterocycles. The van der Waals surface area contributed by atoms with Crippen LogP contribution in [-0.2, 0) is 4.74 Å². The van der Waals surface area contributed by atoms with E-state index in [1.54, 1.807) is 6.07 Å². The van der Waals surface area contributed by atoms with Gasteiger partial charge in [-0.05, 0) is 18.6 Å². The molecule has 3 nitrogen and oxygen atoms in total. The molecule has 0 aliphatic carbocycles. The zero-order chi connectivity index (χ0) is 10.7. The second-order valence-corrected chi connectivity index (χ2v) is 3.63. The molecule has 1 heterocycles. The summed E-state index contributed by atoms with van der Waals surface area (Å²) in [4.78, 5) is 2.07. The maximum atomic E-state index is 13.3. The van der Waals surface area contributed by atoms with Crippen molar-refractivity contribution in [1.29, 1.82) is 0 Å². The summed E-state index contributed by atoms with van der Waals surface area (Å²) in [7, 11) is 0. The predicted molar refractivity (Wildman–Crippen MR) is 58.5 cm³/mol. The summed E-state index contributed by atoms with van der Waals surface area (Å²) in [6.45, 7) is 3.09. The Hall–Kier alpha value is -1.29. The van der Waals surface area contributed by atoms with Gasteiger partial charge in [0.1, 0.15) is 5.82 Å². The lowest BCUT2D eigenvalue weighted by atomic mass is 10.2. The van der Waals surface area contributed by atoms with Gasteiger partial charge in [-0.2, -0.15) is 0 Å². The molecule has 1 aromatic rings. The number of halogens is 1. The highest BCUT2D eigenvalue weighted by Gasteiger charge is 2.14. The van der Waals surface area contributed by atoms with Crippen LogP contribution in [0.15, 0.2) is 18.2 Å². The van der Waals surface area contributed by atoms with Gasteiger partial charge in [0.2, 0.25) is 0 Å². The van der Waals surface area contributed by atoms with Crippen LogP contribution in [0, 0.1) is 5.82 Å². The largest absolute Gasteiger partial charge is 0.395 e. The summed E-state index contributed by atoms with van der Waals surface area (Å²) < 4.78 is 18.6. The maximum absolute atomic E-state index is 13.3. The minimum absolute atomic E-state index is 0.236. The molecular weight excluding hydrogens is 195 g/mol. The summed E-state index contributed by atoms with van der Waals surface area (Å²) in [5.74, 6) is -0.349. The van der Waals surface area contributed by atoms with Gasteiger partial charge >= 0.3 is 0 Å². The van der Waals surface area contributed by atoms with Crippen LogP contribution in [0.5, 0.6) is 0 Å². The standard InChI is InChI=1S/C11H15FN2O/c12-9-3-1-4-10(11(9)13)14-5-2-7-15-8-6-14/h1,3-4H,2,5-8,13H2. The molecule has 0 atom stereocenters. The van der Waals surface area contributed by atoms with Crippen LogP contribution >= 0.6 is 0 Å². The lowest BCUT2D eigenvalue weighted by Gasteiger charge is -2.23. The highest BCUT2D eigenvalue weighted by molar-refractivity contribution is 5.68. The summed E-state index contributed by atoms with van der Waals surface area (Å²) >= 11 is 0. The topological polar surface area (TPSA) is 38.5 Å². The fraction of sp³-hybridized carbons (Fsp3) is 0.455. The summed E-state index contributed by atoms with van der Waals surface area (Å²) in [6.07, 6.45) is 0.954. The van der Waals surface area contributed by atoms with E-state index >= 15 is 0 Å². The molecule has 1 fully saturated rings. The van der Waals surface area contributed by atoms with Gasteiger partial charge in [-0.1, -0.05) is 6.07 Å². The molecule has 15 heavy (non-hydrogen) atoms. The van der Waals surface area contributed by atoms with E-state index in [9.17, 15) is 4.39 Å². The van der Waals surface area contributed by atoms with Crippen molar-refractivity contribution in [1.82, 2.24) is 0 Å². The molecule has 4 heteroatoms. The van der Waals surface area contributed by atoms with Gasteiger partial charge < -0.3 is 15.4 Å². The SMILES string of the molecule is Nc1c(F)cccc1N1CCCOCC1. The smallest absolute Gasteiger partial charge is 0.148 e. The highest BCUT2D eigenvalue weighted by atomic mass is 19.1. The molecule has 0 unspecified atom stereocenters. The molecule has 82 valence electrons. The van der Waals surface area contributed by atoms with Gasteiger partial charge in [0.15, 0.2) is 0 Å². The predicted octanol–water partition coefficient (Wildman–Crippen LogP) is 1.63. The fourth-order valence-electron chi connectivity index (χ4n) is 1.79. The van der Waals surface area contributed by atoms with Crippen LogP contribution in [0.4, 0.5) is 15.8 Å². The van der Waals surface area contributed by atoms with E-state index in [2.05, 4.69) is 4.90 Å². The number of hydrogen-bond acceptors (Lipinski definition) is 3. The Kier molecular flexibility index (Phi) is 3.06. The van der Waals surface area contributed by atoms with E-state index in [4.69, 9.17) is 10.5 Å². The van der Waals surface area contributed by atoms with Crippen molar-refractivity contribution in [2.45, 2.75) is 6.42 Å². The number of rotatable bonds is 1. The molecule has 0 aromatic heterocycles. The average molecular weight is 210 g/mol. The van der Waals surface area contributed by atoms with Crippen molar-refractivity contribution < 1.29 is 9.13 Å². The van der Waals surface area contributed by atoms with Crippen molar-refractivity contribution in [2.24, 2.45) is 0 Å². The van der Waals surface area contributed by atoms with Crippen LogP contribution in [-0.4, -0.2) is 26.3 Å². The molecule has 0 amide bonds. The number of hydrogen-bond donors (Lipinski definition) is 1. The summed E-state index contributed by atoms with van der Waals surface area (Å²) in [6, 6.07) is 4.92. The first kappa shape index (κ1) is 10.2. The van der Waals surface area contributed by atoms with Gasteiger partial charge in [0.05, 0.1) is 18.0 Å². The lowest BCUT2D eigenvalue weighted by Crippen LogP contribution is -2.26. The number of nitrogens with zero attached hydrogens (tertiary/aromatic N) is 1. The maximum Gasteiger partial charge on any atom is 0.148 e. The van der Waals surface area contributed by atoms with Crippen molar-refractivity contribution in [3.05, 3.63) is 24.0 Å². The monoisotopic (exact) mass is 210 g/mol. The highest BCUT2D eigenvalue weighted by Crippen LogP contribution is 2.26. The Morgan fingerprint density at radius 3 is 3.00 bits per heavy atom. The minimum Gasteiger partial charge on any atom is -0.395 e. The van der Waals surface area contributed by atoms with E-state index < -0.39 is 0 Å². The van der Waals surface area contributed by atoms with Gasteiger partial charge in [-0.15, -0.1) is 0 Å². The second kappa shape index (κ2) is 4.49. The number of nitrogen functional groups attached to an aromatic ring is 1. The van der Waals surface area contributed by atoms with Crippen LogP contribution in [0.1, 0.15) is 6.42 Å². The molecule has 0 spiro atoms. The minimum atomic E-state index is -0.349. The van der Waals surface area contributed by atoms with Crippen molar-refractivity contribution in [3.63, 3.8) is 0 Å². The van der Waals surface area contributed by atoms with Crippen LogP contribution in [0.3, 0.4) is 0 Å². The van der Waals surface area contributed by atoms with Gasteiger partial charge in [0, 0.05) is 19.7 Å². The lowest BCUT2D eigenvalue weighted by molar-refractivity contribution is 0.152. The van der Waals surface area contributed by atoms with Gasteiger partial charge in [-0.25, -0.2) is 4.39 Å². The number of benzene rings is 1. The van der Waals surface area contributed by atoms with Gasteiger partial charge in [0.25, 0.3) is 0 Å². The number of anilines is 2. The van der Waals surface area contributed by atoms with Crippen LogP contribution < -0.4 is 10.6 Å². The normalized spacial score (nSPS) is 17.5. The Labute approximate surface area is 88.6 Å². The number of ether oxygens (including phenoxy) is 1. The Balaban J connectivity index is 2.23. The van der Waals surface area contributed by atoms with Crippen molar-refractivity contribution >= 4 is 11.4 Å². The third kappa shape index (κ3) is 2.21. The van der Waals surface area contributed by atoms with Gasteiger partial charge in [-0.3, -0.25) is 0 Å². The molecule has 1 aromatic carbocycles. The average Bonchev–Trinajstić information content (AvgIpc) is 2.50. The molecule has 2 N–H and O–H groups in total. The second-order valence-electron chi connectivity index (χ2n) is 3.63. The zero-order valence-corrected chi connectivity index (χ0v) is 8.58. The molecule has 1 aliphatic rings. The summed E-state index contributed by atoms with van der Waals surface area (Å²) in [5.41, 5.74) is 6.72. The molecule has 0 saturated carbocycles. The van der Waals surface area contributed by atoms with E-state index in [1.807, 2.05) is 6.07 Å². The van der Waals surface area contributed by atoms with E-state index in [0.717, 1.165) is 31.8 Å². The Morgan fingerprint density at radius 2 is 2.13 bits per heavy atom. The third-order valence-electron chi connectivity index (χ3n) is 2.59. The number of para-hydroxylation sites is 1. The molecule has 2 rings (SSSR count). The number of nitrogens with two attached hydrogens (primary N) is 1. The van der Waals surface area contributed by atoms with Crippen molar-refractivity contribution in [2.75, 3.05) is 36.9 Å². The first-order valence-corrected chi connectivity index (χ1v) is 5.16. The molecular formula is C11H15FN2O. The molecule has 1 saturated heterocycles. The quantitative estimate of drug-likeness (QED) is 0.716. The van der Waals surface area contributed by atoms with Crippen LogP contribution in [0.25, 0.3) is 0 Å². The first-order valence-electron chi connectivity index (χ1n) is 5.16. The van der Waals surface area contributed by atoms with E-state index in [-0.39, 0.29) is 11.5 Å². The van der Waals surface area contributed by atoms with Crippen LogP contribution in [0.2, 0.25) is 0 Å². The fourth-order valence-corrected chi connectivity index (χ4v) is 1.79. The third-order valence-corrected chi connectivity index (χ3v) is 2.59. The molecule has 0 bridgehead atoms. The zero-order valence-electron chi connectivity index (χ0n) is 8.58. The van der Waals surface area contributed by atoms with E-state index in [1.165, 1.54) is 6.07 Å².